The van der Waals surface area contributed by atoms with Gasteiger partial charge in [0.1, 0.15) is 0 Å². The number of hydrogen-bond donors (Lipinski definition) is 1. The number of aromatic nitrogens is 1. The zero-order chi connectivity index (χ0) is 14.3. The van der Waals surface area contributed by atoms with Crippen molar-refractivity contribution < 1.29 is 14.7 Å². The molecule has 2 aliphatic rings. The number of pyridine rings is 1. The fourth-order valence-electron chi connectivity index (χ4n) is 2.96. The molecule has 1 aromatic heterocycles. The Hall–Kier alpha value is -1.91. The average molecular weight is 274 g/mol. The summed E-state index contributed by atoms with van der Waals surface area (Å²) in [5, 5.41) is 9.47. The maximum Gasteiger partial charge on any atom is 0.309 e. The Kier molecular flexibility index (Phi) is 3.20. The van der Waals surface area contributed by atoms with Crippen molar-refractivity contribution in [2.75, 3.05) is 0 Å². The Labute approximate surface area is 117 Å². The standard InChI is InChI=1S/C15H18N2O3/c1-9-2-6-12(16-8-9)14-11(15(19)20)5-7-13(18)17(14)10-3-4-10/h2,6,8,10-11,14H,3-5,7H2,1H3,(H,19,20). The molecular weight excluding hydrogens is 256 g/mol. The van der Waals surface area contributed by atoms with Crippen molar-refractivity contribution in [3.8, 4) is 0 Å². The van der Waals surface area contributed by atoms with E-state index in [1.54, 1.807) is 11.1 Å². The van der Waals surface area contributed by atoms with Crippen LogP contribution in [0, 0.1) is 12.8 Å². The Balaban J connectivity index is 2.00. The summed E-state index contributed by atoms with van der Waals surface area (Å²) in [5.41, 5.74) is 1.73. The lowest BCUT2D eigenvalue weighted by Crippen LogP contribution is -2.46. The van der Waals surface area contributed by atoms with Crippen molar-refractivity contribution in [1.82, 2.24) is 9.88 Å². The van der Waals surface area contributed by atoms with Crippen LogP contribution in [0.5, 0.6) is 0 Å². The van der Waals surface area contributed by atoms with E-state index in [1.165, 1.54) is 0 Å². The zero-order valence-corrected chi connectivity index (χ0v) is 11.5. The number of hydrogen-bond acceptors (Lipinski definition) is 3. The largest absolute Gasteiger partial charge is 0.481 e. The SMILES string of the molecule is Cc1ccc(C2C(C(=O)O)CCC(=O)N2C2CC2)nc1. The zero-order valence-electron chi connectivity index (χ0n) is 11.5. The molecule has 106 valence electrons. The molecule has 3 rings (SSSR count). The highest BCUT2D eigenvalue weighted by molar-refractivity contribution is 5.82. The second kappa shape index (κ2) is 4.89. The summed E-state index contributed by atoms with van der Waals surface area (Å²) in [6.07, 6.45) is 4.41. The molecule has 1 saturated heterocycles. The molecule has 2 unspecified atom stereocenters. The van der Waals surface area contributed by atoms with Gasteiger partial charge in [-0.15, -0.1) is 0 Å². The van der Waals surface area contributed by atoms with Crippen LogP contribution in [-0.2, 0) is 9.59 Å². The van der Waals surface area contributed by atoms with Crippen molar-refractivity contribution in [3.63, 3.8) is 0 Å². The monoisotopic (exact) mass is 274 g/mol. The maximum atomic E-state index is 12.2. The predicted octanol–water partition coefficient (Wildman–Crippen LogP) is 1.92. The second-order valence-electron chi connectivity index (χ2n) is 5.72. The number of amides is 1. The topological polar surface area (TPSA) is 70.5 Å². The first-order valence-electron chi connectivity index (χ1n) is 7.04. The van der Waals surface area contributed by atoms with Crippen molar-refractivity contribution in [3.05, 3.63) is 29.6 Å². The molecular formula is C15H18N2O3. The number of aryl methyl sites for hydroxylation is 1. The highest BCUT2D eigenvalue weighted by Crippen LogP contribution is 2.42. The molecule has 0 radical (unpaired) electrons. The number of carboxylic acids is 1. The van der Waals surface area contributed by atoms with Crippen LogP contribution in [0.3, 0.4) is 0 Å². The molecule has 1 aliphatic carbocycles. The van der Waals surface area contributed by atoms with Gasteiger partial charge in [0, 0.05) is 18.7 Å². The summed E-state index contributed by atoms with van der Waals surface area (Å²) in [7, 11) is 0. The van der Waals surface area contributed by atoms with Gasteiger partial charge in [0.25, 0.3) is 0 Å². The quantitative estimate of drug-likeness (QED) is 0.914. The molecule has 1 aliphatic heterocycles. The highest BCUT2D eigenvalue weighted by Gasteiger charge is 2.47. The van der Waals surface area contributed by atoms with E-state index in [4.69, 9.17) is 0 Å². The molecule has 1 amide bonds. The minimum atomic E-state index is -0.837. The second-order valence-corrected chi connectivity index (χ2v) is 5.72. The number of carboxylic acid groups (broad SMARTS) is 1. The molecule has 1 aromatic rings. The summed E-state index contributed by atoms with van der Waals surface area (Å²) in [6, 6.07) is 3.56. The molecule has 2 heterocycles. The van der Waals surface area contributed by atoms with Gasteiger partial charge < -0.3 is 10.0 Å². The minimum Gasteiger partial charge on any atom is -0.481 e. The lowest BCUT2D eigenvalue weighted by molar-refractivity contribution is -0.152. The minimum absolute atomic E-state index is 0.0670. The third-order valence-electron chi connectivity index (χ3n) is 4.13. The molecule has 20 heavy (non-hydrogen) atoms. The molecule has 2 fully saturated rings. The van der Waals surface area contributed by atoms with Gasteiger partial charge >= 0.3 is 5.97 Å². The summed E-state index contributed by atoms with van der Waals surface area (Å²) < 4.78 is 0. The first-order valence-corrected chi connectivity index (χ1v) is 7.04. The fraction of sp³-hybridized carbons (Fsp3) is 0.533. The first kappa shape index (κ1) is 13.1. The van der Waals surface area contributed by atoms with Crippen LogP contribution >= 0.6 is 0 Å². The molecule has 0 spiro atoms. The fourth-order valence-corrected chi connectivity index (χ4v) is 2.96. The lowest BCUT2D eigenvalue weighted by Gasteiger charge is -2.39. The third-order valence-corrected chi connectivity index (χ3v) is 4.13. The highest BCUT2D eigenvalue weighted by atomic mass is 16.4. The van der Waals surface area contributed by atoms with Crippen molar-refractivity contribution in [2.24, 2.45) is 5.92 Å². The van der Waals surface area contributed by atoms with Gasteiger partial charge in [-0.3, -0.25) is 14.6 Å². The predicted molar refractivity (Wildman–Crippen MR) is 71.9 cm³/mol. The molecule has 0 bridgehead atoms. The number of aliphatic carboxylic acids is 1. The van der Waals surface area contributed by atoms with E-state index in [0.29, 0.717) is 18.5 Å². The molecule has 1 saturated carbocycles. The first-order chi connectivity index (χ1) is 9.58. The van der Waals surface area contributed by atoms with Crippen molar-refractivity contribution in [1.29, 1.82) is 0 Å². The van der Waals surface area contributed by atoms with Crippen LogP contribution in [0.25, 0.3) is 0 Å². The van der Waals surface area contributed by atoms with Crippen molar-refractivity contribution >= 4 is 11.9 Å². The number of rotatable bonds is 3. The third kappa shape index (κ3) is 2.28. The molecule has 2 atom stereocenters. The van der Waals surface area contributed by atoms with Gasteiger partial charge in [-0.1, -0.05) is 6.07 Å². The molecule has 5 nitrogen and oxygen atoms in total. The number of carbonyl (C=O) groups is 2. The number of nitrogens with zero attached hydrogens (tertiary/aromatic N) is 2. The van der Waals surface area contributed by atoms with E-state index in [2.05, 4.69) is 4.98 Å². The van der Waals surface area contributed by atoms with Crippen LogP contribution in [0.15, 0.2) is 18.3 Å². The van der Waals surface area contributed by atoms with Gasteiger partial charge in [-0.25, -0.2) is 0 Å². The summed E-state index contributed by atoms with van der Waals surface area (Å²) in [6.45, 7) is 1.94. The normalized spacial score (nSPS) is 26.6. The van der Waals surface area contributed by atoms with Crippen LogP contribution < -0.4 is 0 Å². The van der Waals surface area contributed by atoms with Gasteiger partial charge in [-0.05, 0) is 37.8 Å². The van der Waals surface area contributed by atoms with Crippen LogP contribution in [0.2, 0.25) is 0 Å². The van der Waals surface area contributed by atoms with Crippen LogP contribution in [0.1, 0.15) is 43.0 Å². The summed E-state index contributed by atoms with van der Waals surface area (Å²) >= 11 is 0. The molecule has 1 N–H and O–H groups in total. The van der Waals surface area contributed by atoms with E-state index in [-0.39, 0.29) is 11.9 Å². The van der Waals surface area contributed by atoms with Crippen molar-refractivity contribution in [2.45, 2.75) is 44.7 Å². The molecule has 5 heteroatoms. The van der Waals surface area contributed by atoms with Crippen LogP contribution in [-0.4, -0.2) is 32.9 Å². The van der Waals surface area contributed by atoms with E-state index >= 15 is 0 Å². The average Bonchev–Trinajstić information content (AvgIpc) is 3.23. The Bertz CT molecular complexity index is 537. The summed E-state index contributed by atoms with van der Waals surface area (Å²) in [4.78, 5) is 29.9. The molecule has 0 aromatic carbocycles. The number of piperidine rings is 1. The number of likely N-dealkylation sites (tertiary alicyclic amines) is 1. The Morgan fingerprint density at radius 1 is 1.35 bits per heavy atom. The maximum absolute atomic E-state index is 12.2. The van der Waals surface area contributed by atoms with E-state index in [0.717, 1.165) is 18.4 Å². The summed E-state index contributed by atoms with van der Waals surface area (Å²) in [5.74, 6) is -1.32. The number of carbonyl (C=O) groups excluding carboxylic acids is 1. The van der Waals surface area contributed by atoms with Gasteiger partial charge in [0.2, 0.25) is 5.91 Å². The van der Waals surface area contributed by atoms with Gasteiger partial charge in [0.15, 0.2) is 0 Å². The van der Waals surface area contributed by atoms with Crippen LogP contribution in [0.4, 0.5) is 0 Å². The van der Waals surface area contributed by atoms with Gasteiger partial charge in [-0.2, -0.15) is 0 Å². The van der Waals surface area contributed by atoms with E-state index in [9.17, 15) is 14.7 Å². The Morgan fingerprint density at radius 3 is 2.65 bits per heavy atom. The van der Waals surface area contributed by atoms with Gasteiger partial charge in [0.05, 0.1) is 17.7 Å². The Morgan fingerprint density at radius 2 is 2.10 bits per heavy atom. The van der Waals surface area contributed by atoms with E-state index in [1.807, 2.05) is 19.1 Å². The van der Waals surface area contributed by atoms with E-state index < -0.39 is 17.9 Å². The lowest BCUT2D eigenvalue weighted by atomic mass is 9.86. The smallest absolute Gasteiger partial charge is 0.309 e.